The molecule has 7 nitrogen and oxygen atoms in total. The van der Waals surface area contributed by atoms with E-state index in [9.17, 15) is 12.8 Å². The summed E-state index contributed by atoms with van der Waals surface area (Å²) in [6.45, 7) is 3.26. The highest BCUT2D eigenvalue weighted by atomic mass is 32.2. The second-order valence-corrected chi connectivity index (χ2v) is 9.40. The number of methoxy groups -OCH3 is 1. The van der Waals surface area contributed by atoms with E-state index in [-0.39, 0.29) is 24.1 Å². The van der Waals surface area contributed by atoms with E-state index in [0.717, 1.165) is 17.1 Å². The van der Waals surface area contributed by atoms with Crippen molar-refractivity contribution in [2.45, 2.75) is 13.0 Å². The first-order valence-electron chi connectivity index (χ1n) is 8.73. The molecule has 1 aromatic carbocycles. The van der Waals surface area contributed by atoms with Crippen molar-refractivity contribution in [3.8, 4) is 5.75 Å². The van der Waals surface area contributed by atoms with Gasteiger partial charge in [0, 0.05) is 38.2 Å². The average Bonchev–Trinajstić information content (AvgIpc) is 2.67. The Morgan fingerprint density at radius 1 is 1.41 bits per heavy atom. The molecule has 0 radical (unpaired) electrons. The molecule has 1 heterocycles. The third kappa shape index (κ3) is 6.25. The average molecular weight is 419 g/mol. The Balaban J connectivity index is 1.87. The van der Waals surface area contributed by atoms with Crippen LogP contribution in [0.5, 0.6) is 5.75 Å². The summed E-state index contributed by atoms with van der Waals surface area (Å²) in [5.41, 5.74) is 0.731. The largest absolute Gasteiger partial charge is 0.494 e. The molecule has 1 unspecified atom stereocenters. The van der Waals surface area contributed by atoms with Crippen molar-refractivity contribution in [2.24, 2.45) is 4.99 Å². The Labute approximate surface area is 164 Å². The quantitative estimate of drug-likeness (QED) is 0.515. The summed E-state index contributed by atoms with van der Waals surface area (Å²) in [6, 6.07) is 4.53. The Kier molecular flexibility index (Phi) is 8.18. The molecule has 1 atom stereocenters. The Bertz CT molecular complexity index is 753. The van der Waals surface area contributed by atoms with E-state index >= 15 is 0 Å². The molecule has 2 rings (SSSR count). The monoisotopic (exact) mass is 418 g/mol. The third-order valence-electron chi connectivity index (χ3n) is 4.27. The molecule has 1 aliphatic rings. The second-order valence-electron chi connectivity index (χ2n) is 6.09. The molecule has 27 heavy (non-hydrogen) atoms. The van der Waals surface area contributed by atoms with Crippen LogP contribution < -0.4 is 15.4 Å². The van der Waals surface area contributed by atoms with E-state index in [0.29, 0.717) is 19.0 Å². The van der Waals surface area contributed by atoms with E-state index in [4.69, 9.17) is 4.74 Å². The number of aliphatic imine (C=N–C) groups is 1. The van der Waals surface area contributed by atoms with Crippen molar-refractivity contribution in [3.63, 3.8) is 0 Å². The summed E-state index contributed by atoms with van der Waals surface area (Å²) in [5.74, 6) is 1.90. The van der Waals surface area contributed by atoms with Gasteiger partial charge >= 0.3 is 0 Å². The van der Waals surface area contributed by atoms with Gasteiger partial charge in [0.15, 0.2) is 17.5 Å². The van der Waals surface area contributed by atoms with Gasteiger partial charge in [-0.05, 0) is 24.6 Å². The maximum atomic E-state index is 13.9. The molecule has 0 aliphatic carbocycles. The van der Waals surface area contributed by atoms with Gasteiger partial charge in [0.2, 0.25) is 10.0 Å². The van der Waals surface area contributed by atoms with E-state index in [2.05, 4.69) is 15.6 Å². The smallest absolute Gasteiger partial charge is 0.215 e. The van der Waals surface area contributed by atoms with E-state index in [1.54, 1.807) is 35.2 Å². The molecule has 2 N–H and O–H groups in total. The number of rotatable bonds is 7. The molecule has 1 aromatic rings. The second kappa shape index (κ2) is 10.1. The maximum absolute atomic E-state index is 13.9. The van der Waals surface area contributed by atoms with Crippen LogP contribution in [0.1, 0.15) is 18.5 Å². The predicted octanol–water partition coefficient (Wildman–Crippen LogP) is 1.44. The van der Waals surface area contributed by atoms with Gasteiger partial charge in [-0.3, -0.25) is 4.99 Å². The molecule has 1 aliphatic heterocycles. The summed E-state index contributed by atoms with van der Waals surface area (Å²) in [6.07, 6.45) is 0. The van der Waals surface area contributed by atoms with Crippen LogP contribution in [-0.4, -0.2) is 69.7 Å². The van der Waals surface area contributed by atoms with Crippen LogP contribution in [-0.2, 0) is 10.0 Å². The molecule has 1 fully saturated rings. The lowest BCUT2D eigenvalue weighted by Gasteiger charge is -2.26. The lowest BCUT2D eigenvalue weighted by molar-refractivity contribution is 0.386. The highest BCUT2D eigenvalue weighted by Gasteiger charge is 2.23. The molecule has 0 spiro atoms. The van der Waals surface area contributed by atoms with Gasteiger partial charge in [-0.2, -0.15) is 11.8 Å². The Morgan fingerprint density at radius 2 is 2.11 bits per heavy atom. The van der Waals surface area contributed by atoms with Crippen LogP contribution in [0.3, 0.4) is 0 Å². The number of nitrogens with one attached hydrogen (secondary N) is 2. The van der Waals surface area contributed by atoms with Crippen LogP contribution >= 0.6 is 11.8 Å². The number of hydrogen-bond acceptors (Lipinski definition) is 5. The van der Waals surface area contributed by atoms with Gasteiger partial charge in [-0.15, -0.1) is 0 Å². The van der Waals surface area contributed by atoms with Gasteiger partial charge < -0.3 is 15.4 Å². The Morgan fingerprint density at radius 3 is 2.70 bits per heavy atom. The molecule has 0 saturated carbocycles. The maximum Gasteiger partial charge on any atom is 0.215 e. The fourth-order valence-electron chi connectivity index (χ4n) is 2.69. The number of guanidine groups is 1. The van der Waals surface area contributed by atoms with Gasteiger partial charge in [0.25, 0.3) is 0 Å². The summed E-state index contributed by atoms with van der Waals surface area (Å²) >= 11 is 1.77. The molecule has 0 amide bonds. The first-order valence-corrected chi connectivity index (χ1v) is 11.5. The molecule has 0 bridgehead atoms. The molecular weight excluding hydrogens is 391 g/mol. The predicted molar refractivity (Wildman–Crippen MR) is 109 cm³/mol. The minimum atomic E-state index is -3.27. The van der Waals surface area contributed by atoms with Crippen LogP contribution in [0.15, 0.2) is 23.2 Å². The minimum absolute atomic E-state index is 0.00388. The summed E-state index contributed by atoms with van der Waals surface area (Å²) in [5, 5.41) is 6.14. The minimum Gasteiger partial charge on any atom is -0.494 e. The zero-order valence-corrected chi connectivity index (χ0v) is 17.5. The van der Waals surface area contributed by atoms with Crippen molar-refractivity contribution in [2.75, 3.05) is 51.1 Å². The van der Waals surface area contributed by atoms with Gasteiger partial charge in [-0.1, -0.05) is 6.07 Å². The fourth-order valence-corrected chi connectivity index (χ4v) is 5.18. The summed E-state index contributed by atoms with van der Waals surface area (Å²) in [7, 11) is -0.247. The lowest BCUT2D eigenvalue weighted by Crippen LogP contribution is -2.44. The normalized spacial score (nSPS) is 17.4. The van der Waals surface area contributed by atoms with Gasteiger partial charge in [0.1, 0.15) is 0 Å². The number of ether oxygens (including phenoxy) is 1. The topological polar surface area (TPSA) is 83.0 Å². The first kappa shape index (κ1) is 21.8. The fraction of sp³-hybridized carbons (Fsp3) is 0.588. The zero-order valence-electron chi connectivity index (χ0n) is 15.9. The van der Waals surface area contributed by atoms with Gasteiger partial charge in [-0.25, -0.2) is 17.1 Å². The molecule has 0 aromatic heterocycles. The third-order valence-corrected chi connectivity index (χ3v) is 7.08. The van der Waals surface area contributed by atoms with Crippen LogP contribution in [0.4, 0.5) is 4.39 Å². The van der Waals surface area contributed by atoms with Crippen LogP contribution in [0, 0.1) is 5.82 Å². The first-order chi connectivity index (χ1) is 12.9. The number of halogens is 1. The number of sulfonamides is 1. The summed E-state index contributed by atoms with van der Waals surface area (Å²) < 4.78 is 45.1. The highest BCUT2D eigenvalue weighted by molar-refractivity contribution is 7.99. The molecule has 152 valence electrons. The lowest BCUT2D eigenvalue weighted by atomic mass is 10.1. The van der Waals surface area contributed by atoms with E-state index in [1.165, 1.54) is 13.2 Å². The number of hydrogen-bond donors (Lipinski definition) is 2. The summed E-state index contributed by atoms with van der Waals surface area (Å²) in [4.78, 5) is 4.11. The zero-order chi connectivity index (χ0) is 19.9. The van der Waals surface area contributed by atoms with Gasteiger partial charge in [0.05, 0.1) is 18.9 Å². The van der Waals surface area contributed by atoms with Crippen LogP contribution in [0.25, 0.3) is 0 Å². The van der Waals surface area contributed by atoms with Crippen LogP contribution in [0.2, 0.25) is 0 Å². The highest BCUT2D eigenvalue weighted by Crippen LogP contribution is 2.21. The van der Waals surface area contributed by atoms with Crippen molar-refractivity contribution in [1.82, 2.24) is 14.9 Å². The molecule has 1 saturated heterocycles. The van der Waals surface area contributed by atoms with Crippen molar-refractivity contribution >= 4 is 27.7 Å². The number of benzene rings is 1. The Hall–Kier alpha value is -1.52. The molecular formula is C17H27FN4O3S2. The van der Waals surface area contributed by atoms with E-state index < -0.39 is 15.8 Å². The number of thioether (sulfide) groups is 1. The van der Waals surface area contributed by atoms with E-state index in [1.807, 2.05) is 6.92 Å². The number of nitrogens with zero attached hydrogens (tertiary/aromatic N) is 2. The van der Waals surface area contributed by atoms with Crippen molar-refractivity contribution < 1.29 is 17.5 Å². The van der Waals surface area contributed by atoms with Crippen molar-refractivity contribution in [3.05, 3.63) is 29.6 Å². The van der Waals surface area contributed by atoms with Crippen molar-refractivity contribution in [1.29, 1.82) is 0 Å². The molecule has 10 heteroatoms. The standard InChI is InChI=1S/C17H27FN4O3S2/c1-13(14-4-5-16(25-3)15(18)12-14)21-17(19-2)20-6-11-27(23,24)22-7-9-26-10-8-22/h4-5,12-13H,6-11H2,1-3H3,(H2,19,20,21). The SMILES string of the molecule is CN=C(NCCS(=O)(=O)N1CCSCC1)NC(C)c1ccc(OC)c(F)c1.